The van der Waals surface area contributed by atoms with E-state index < -0.39 is 11.7 Å². The lowest BCUT2D eigenvalue weighted by molar-refractivity contribution is 0.0714. The number of nitrogens with zero attached hydrogens (tertiary/aromatic N) is 1. The molecule has 140 valence electrons. The monoisotopic (exact) mass is 355 g/mol. The number of rotatable bonds is 8. The molecule has 26 heavy (non-hydrogen) atoms. The van der Waals surface area contributed by atoms with E-state index in [1.54, 1.807) is 31.9 Å². The van der Waals surface area contributed by atoms with Gasteiger partial charge in [-0.25, -0.2) is 0 Å². The van der Waals surface area contributed by atoms with Crippen molar-refractivity contribution in [2.75, 3.05) is 13.6 Å². The molecule has 0 heterocycles. The van der Waals surface area contributed by atoms with E-state index in [-0.39, 0.29) is 5.91 Å². The van der Waals surface area contributed by atoms with Crippen LogP contribution in [0.3, 0.4) is 0 Å². The van der Waals surface area contributed by atoms with E-state index >= 15 is 0 Å². The Bertz CT molecular complexity index is 707. The van der Waals surface area contributed by atoms with Gasteiger partial charge in [0.05, 0.1) is 11.7 Å². The van der Waals surface area contributed by atoms with Crippen LogP contribution in [0.1, 0.15) is 54.3 Å². The van der Waals surface area contributed by atoms with Crippen LogP contribution in [0.15, 0.2) is 54.6 Å². The Morgan fingerprint density at radius 3 is 2.46 bits per heavy atom. The summed E-state index contributed by atoms with van der Waals surface area (Å²) in [6.45, 7) is 4.05. The molecule has 2 rings (SSSR count). The van der Waals surface area contributed by atoms with Gasteiger partial charge >= 0.3 is 0 Å². The van der Waals surface area contributed by atoms with Crippen molar-refractivity contribution in [3.63, 3.8) is 0 Å². The smallest absolute Gasteiger partial charge is 0.253 e. The van der Waals surface area contributed by atoms with Gasteiger partial charge in [0.1, 0.15) is 0 Å². The first-order valence-corrected chi connectivity index (χ1v) is 9.06. The van der Waals surface area contributed by atoms with Crippen molar-refractivity contribution >= 4 is 5.91 Å². The fraction of sp³-hybridized carbons (Fsp3) is 0.409. The maximum absolute atomic E-state index is 12.6. The van der Waals surface area contributed by atoms with Gasteiger partial charge in [0.15, 0.2) is 0 Å². The van der Waals surface area contributed by atoms with E-state index in [0.717, 1.165) is 17.5 Å². The predicted octanol–water partition coefficient (Wildman–Crippen LogP) is 3.59. The number of hydrogen-bond donors (Lipinski definition) is 2. The third-order valence-electron chi connectivity index (χ3n) is 4.47. The molecule has 0 aliphatic rings. The fourth-order valence-corrected chi connectivity index (χ4v) is 2.79. The van der Waals surface area contributed by atoms with E-state index in [0.29, 0.717) is 24.9 Å². The minimum Gasteiger partial charge on any atom is -0.390 e. The minimum atomic E-state index is -0.718. The van der Waals surface area contributed by atoms with Crippen LogP contribution in [-0.2, 0) is 6.42 Å². The average Bonchev–Trinajstić information content (AvgIpc) is 2.64. The van der Waals surface area contributed by atoms with Gasteiger partial charge in [-0.15, -0.1) is 0 Å². The van der Waals surface area contributed by atoms with Gasteiger partial charge in [0.2, 0.25) is 0 Å². The molecule has 2 N–H and O–H groups in total. The highest BCUT2D eigenvalue weighted by atomic mass is 16.3. The molecule has 2 aromatic rings. The summed E-state index contributed by atoms with van der Waals surface area (Å²) in [6.07, 6.45) is 1.28. The Balaban J connectivity index is 1.93. The zero-order chi connectivity index (χ0) is 19.2. The van der Waals surface area contributed by atoms with Crippen molar-refractivity contribution in [2.24, 2.45) is 0 Å². The minimum absolute atomic E-state index is 0.0598. The molecule has 4 heteroatoms. The zero-order valence-corrected chi connectivity index (χ0v) is 15.9. The van der Waals surface area contributed by atoms with E-state index in [9.17, 15) is 15.0 Å². The maximum atomic E-state index is 12.6. The lowest BCUT2D eigenvalue weighted by Crippen LogP contribution is -2.28. The number of aliphatic hydroxyl groups is 2. The van der Waals surface area contributed by atoms with Crippen LogP contribution in [0.25, 0.3) is 0 Å². The van der Waals surface area contributed by atoms with Crippen molar-refractivity contribution in [3.05, 3.63) is 71.3 Å². The number of carbonyl (C=O) groups excluding carboxylic acids is 1. The van der Waals surface area contributed by atoms with Crippen molar-refractivity contribution < 1.29 is 15.0 Å². The highest BCUT2D eigenvalue weighted by molar-refractivity contribution is 5.94. The van der Waals surface area contributed by atoms with Gasteiger partial charge in [-0.3, -0.25) is 4.79 Å². The topological polar surface area (TPSA) is 60.8 Å². The average molecular weight is 355 g/mol. The molecule has 0 saturated carbocycles. The van der Waals surface area contributed by atoms with Gasteiger partial charge in [0.25, 0.3) is 5.91 Å². The molecule has 0 spiro atoms. The molecule has 0 radical (unpaired) electrons. The van der Waals surface area contributed by atoms with Crippen molar-refractivity contribution in [3.8, 4) is 0 Å². The summed E-state index contributed by atoms with van der Waals surface area (Å²) in [5.41, 5.74) is 1.82. The van der Waals surface area contributed by atoms with E-state index in [1.807, 2.05) is 48.5 Å². The molecule has 0 saturated heterocycles. The molecule has 1 amide bonds. The second-order valence-corrected chi connectivity index (χ2v) is 7.45. The molecule has 0 fully saturated rings. The third kappa shape index (κ3) is 6.28. The summed E-state index contributed by atoms with van der Waals surface area (Å²) < 4.78 is 0. The first kappa shape index (κ1) is 20.1. The molecular weight excluding hydrogens is 326 g/mol. The van der Waals surface area contributed by atoms with Crippen LogP contribution in [0.5, 0.6) is 0 Å². The first-order valence-electron chi connectivity index (χ1n) is 9.06. The second-order valence-electron chi connectivity index (χ2n) is 7.45. The molecular formula is C22H29NO3. The van der Waals surface area contributed by atoms with Gasteiger partial charge in [-0.1, -0.05) is 42.5 Å². The number of hydrogen-bond acceptors (Lipinski definition) is 3. The third-order valence-corrected chi connectivity index (χ3v) is 4.47. The molecule has 0 bridgehead atoms. The molecule has 4 nitrogen and oxygen atoms in total. The van der Waals surface area contributed by atoms with Crippen LogP contribution >= 0.6 is 0 Å². The number of aryl methyl sites for hydroxylation is 1. The van der Waals surface area contributed by atoms with Crippen LogP contribution in [0.2, 0.25) is 0 Å². The van der Waals surface area contributed by atoms with Crippen molar-refractivity contribution in [1.29, 1.82) is 0 Å². The normalized spacial score (nSPS) is 12.7. The molecule has 2 aromatic carbocycles. The van der Waals surface area contributed by atoms with Gasteiger partial charge in [-0.2, -0.15) is 0 Å². The van der Waals surface area contributed by atoms with E-state index in [2.05, 4.69) is 0 Å². The van der Waals surface area contributed by atoms with E-state index in [4.69, 9.17) is 0 Å². The van der Waals surface area contributed by atoms with Crippen molar-refractivity contribution in [1.82, 2.24) is 4.90 Å². The highest BCUT2D eigenvalue weighted by Gasteiger charge is 2.16. The van der Waals surface area contributed by atoms with Crippen molar-refractivity contribution in [2.45, 2.75) is 44.8 Å². The standard InChI is InChI=1S/C22H29NO3/c1-22(2,26)14-12-17-8-7-11-19(16-17)21(25)23(3)15-13-20(24)18-9-5-4-6-10-18/h4-11,16,20,24,26H,12-15H2,1-3H3. The van der Waals surface area contributed by atoms with Gasteiger partial charge in [0, 0.05) is 19.2 Å². The zero-order valence-electron chi connectivity index (χ0n) is 15.9. The first-order chi connectivity index (χ1) is 12.3. The Labute approximate surface area is 156 Å². The van der Waals surface area contributed by atoms with Crippen LogP contribution in [0.4, 0.5) is 0 Å². The summed E-state index contributed by atoms with van der Waals surface area (Å²) >= 11 is 0. The van der Waals surface area contributed by atoms with E-state index in [1.165, 1.54) is 0 Å². The summed E-state index contributed by atoms with van der Waals surface area (Å²) in [5, 5.41) is 20.1. The molecule has 0 aliphatic heterocycles. The van der Waals surface area contributed by atoms with Gasteiger partial charge < -0.3 is 15.1 Å². The fourth-order valence-electron chi connectivity index (χ4n) is 2.79. The summed E-state index contributed by atoms with van der Waals surface area (Å²) in [4.78, 5) is 14.3. The second kappa shape index (κ2) is 8.97. The Kier molecular flexibility index (Phi) is 6.95. The SMILES string of the molecule is CN(CCC(O)c1ccccc1)C(=O)c1cccc(CCC(C)(C)O)c1. The molecule has 1 unspecified atom stereocenters. The highest BCUT2D eigenvalue weighted by Crippen LogP contribution is 2.18. The summed E-state index contributed by atoms with van der Waals surface area (Å²) in [7, 11) is 1.75. The Morgan fingerprint density at radius 2 is 1.81 bits per heavy atom. The van der Waals surface area contributed by atoms with Crippen LogP contribution in [-0.4, -0.2) is 40.2 Å². The molecule has 1 atom stereocenters. The number of amides is 1. The quantitative estimate of drug-likeness (QED) is 0.761. The number of aliphatic hydroxyl groups excluding tert-OH is 1. The Morgan fingerprint density at radius 1 is 1.12 bits per heavy atom. The number of carbonyl (C=O) groups is 1. The van der Waals surface area contributed by atoms with Crippen LogP contribution in [0, 0.1) is 0 Å². The Hall–Kier alpha value is -2.17. The predicted molar refractivity (Wildman–Crippen MR) is 104 cm³/mol. The summed E-state index contributed by atoms with van der Waals surface area (Å²) in [6, 6.07) is 17.0. The number of benzene rings is 2. The molecule has 0 aromatic heterocycles. The summed E-state index contributed by atoms with van der Waals surface area (Å²) in [5.74, 6) is -0.0598. The molecule has 0 aliphatic carbocycles. The largest absolute Gasteiger partial charge is 0.390 e. The van der Waals surface area contributed by atoms with Crippen LogP contribution < -0.4 is 0 Å². The lowest BCUT2D eigenvalue weighted by atomic mass is 9.97. The van der Waals surface area contributed by atoms with Gasteiger partial charge in [-0.05, 0) is 56.4 Å². The lowest BCUT2D eigenvalue weighted by Gasteiger charge is -2.20. The maximum Gasteiger partial charge on any atom is 0.253 e.